The van der Waals surface area contributed by atoms with Crippen LogP contribution in [0.1, 0.15) is 123 Å². The van der Waals surface area contributed by atoms with Crippen LogP contribution < -0.4 is 0 Å². The number of halogens is 2. The van der Waals surface area contributed by atoms with Crippen LogP contribution in [0, 0.1) is 0 Å². The molecule has 0 saturated heterocycles. The number of nitrogens with zero attached hydrogens (tertiary/aromatic N) is 1. The standard InChI is InChI=1S/C20H14.C18H14.C9H21NO2.C2H4O2.3C2H6.2CH3Br.CH4.H2/c1-3-7-15-13(5-1)11-19-17(15)9-10-18-16-8-4-2-6-14(16)12-20(18)19;1-2-6-14-10-17(9-13(14)5-1)18-11-15-7-3-4-8-16(15)12-18;1-6-11-9(12-7-2)8(3)10(4)5;1-2(3)4;5*1-2;;/h1-10H,11-12H2;1-9,11H,10,12H2;8-9H,6-7H2,1-5H3;1H3,(H,3,4);3*1-2H3;2*1H3;1H4;1H/i;;;;;;;;;;1+1. The molecule has 0 radical (unpaired) electrons. The Hall–Kier alpha value is -4.11. The number of hydrogen-bond acceptors (Lipinski definition) is 4. The molecular formula is C58H83Br2NO4. The molecule has 9 rings (SSSR count). The van der Waals surface area contributed by atoms with Crippen molar-refractivity contribution in [1.82, 2.24) is 4.90 Å². The Balaban J connectivity index is 0. The van der Waals surface area contributed by atoms with Gasteiger partial charge >= 0.3 is 0 Å². The largest absolute Gasteiger partial charge is 0.481 e. The van der Waals surface area contributed by atoms with Crippen LogP contribution in [-0.4, -0.2) is 67.3 Å². The van der Waals surface area contributed by atoms with Gasteiger partial charge in [-0.1, -0.05) is 202 Å². The van der Waals surface area contributed by atoms with Crippen LogP contribution in [0.5, 0.6) is 0 Å². The van der Waals surface area contributed by atoms with E-state index in [1.165, 1.54) is 66.8 Å². The van der Waals surface area contributed by atoms with Crippen LogP contribution >= 0.6 is 31.9 Å². The summed E-state index contributed by atoms with van der Waals surface area (Å²) in [7, 11) is 4.05. The molecule has 0 saturated carbocycles. The summed E-state index contributed by atoms with van der Waals surface area (Å²) in [4.78, 5) is 11.1. The molecule has 0 amide bonds. The SMILES string of the molecule is C.C1=C(C2=Cc3ccccc3C2)Cc2ccccc21.CBr.CBr.CC.CC.CC.CC(=O)O.CCOC(OCC)C(C)N(C)C.[2HH].c1ccc2c(c1)Cc1c-2ccc2c1Cc1ccccc1-2. The Morgan fingerprint density at radius 3 is 1.18 bits per heavy atom. The number of carbonyl (C=O) groups is 1. The molecule has 0 bridgehead atoms. The third-order valence-electron chi connectivity index (χ3n) is 10.6. The maximum Gasteiger partial charge on any atom is 0.300 e. The number of fused-ring (bicyclic) bond motifs is 9. The van der Waals surface area contributed by atoms with E-state index < -0.39 is 5.97 Å². The number of carboxylic acid groups (broad SMARTS) is 1. The molecule has 1 unspecified atom stereocenters. The summed E-state index contributed by atoms with van der Waals surface area (Å²) in [6, 6.07) is 40.0. The summed E-state index contributed by atoms with van der Waals surface area (Å²) in [5.74, 6) is 2.79. The van der Waals surface area contributed by atoms with Gasteiger partial charge in [0, 0.05) is 21.6 Å². The molecule has 1 atom stereocenters. The fraction of sp³-hybridized carbons (Fsp3) is 0.397. The average molecular weight is 1020 g/mol. The predicted octanol–water partition coefficient (Wildman–Crippen LogP) is 16.5. The van der Waals surface area contributed by atoms with Gasteiger partial charge in [0.05, 0.1) is 6.04 Å². The molecule has 0 aromatic heterocycles. The summed E-state index contributed by atoms with van der Waals surface area (Å²) in [5, 5.41) is 7.42. The molecule has 358 valence electrons. The van der Waals surface area contributed by atoms with Crippen molar-refractivity contribution in [2.24, 2.45) is 0 Å². The predicted molar refractivity (Wildman–Crippen MR) is 295 cm³/mol. The zero-order valence-corrected chi connectivity index (χ0v) is 44.5. The van der Waals surface area contributed by atoms with Crippen molar-refractivity contribution < 1.29 is 20.8 Å². The van der Waals surface area contributed by atoms with Crippen LogP contribution in [0.15, 0.2) is 120 Å². The Morgan fingerprint density at radius 2 is 0.877 bits per heavy atom. The van der Waals surface area contributed by atoms with E-state index in [2.05, 4.69) is 165 Å². The number of likely N-dealkylation sites (N-methyl/N-ethyl adjacent to an activating group) is 1. The van der Waals surface area contributed by atoms with Gasteiger partial charge < -0.3 is 19.5 Å². The lowest BCUT2D eigenvalue weighted by Crippen LogP contribution is -2.40. The number of aliphatic carboxylic acids is 1. The summed E-state index contributed by atoms with van der Waals surface area (Å²) in [5.41, 5.74) is 20.5. The van der Waals surface area contributed by atoms with Crippen molar-refractivity contribution >= 4 is 50.0 Å². The van der Waals surface area contributed by atoms with Crippen molar-refractivity contribution in [2.45, 2.75) is 115 Å². The minimum Gasteiger partial charge on any atom is -0.481 e. The first-order valence-electron chi connectivity index (χ1n) is 22.9. The van der Waals surface area contributed by atoms with Gasteiger partial charge in [-0.2, -0.15) is 0 Å². The van der Waals surface area contributed by atoms with Crippen molar-refractivity contribution in [3.05, 3.63) is 165 Å². The van der Waals surface area contributed by atoms with Crippen LogP contribution in [0.4, 0.5) is 0 Å². The molecule has 0 heterocycles. The summed E-state index contributed by atoms with van der Waals surface area (Å²) < 4.78 is 10.9. The maximum atomic E-state index is 9.00. The topological polar surface area (TPSA) is 59.0 Å². The van der Waals surface area contributed by atoms with E-state index in [4.69, 9.17) is 19.4 Å². The molecular weight excluding hydrogens is 934 g/mol. The first-order chi connectivity index (χ1) is 31.2. The average Bonchev–Trinajstić information content (AvgIpc) is 4.15. The first kappa shape index (κ1) is 60.9. The molecule has 0 aliphatic heterocycles. The zero-order chi connectivity index (χ0) is 48.2. The van der Waals surface area contributed by atoms with E-state index in [0.717, 1.165) is 32.6 Å². The molecule has 1 N–H and O–H groups in total. The number of allylic oxidation sites excluding steroid dienone is 2. The second-order valence-corrected chi connectivity index (χ2v) is 14.4. The summed E-state index contributed by atoms with van der Waals surface area (Å²) >= 11 is 5.88. The van der Waals surface area contributed by atoms with Gasteiger partial charge in [0.1, 0.15) is 0 Å². The highest BCUT2D eigenvalue weighted by molar-refractivity contribution is 9.09. The van der Waals surface area contributed by atoms with E-state index in [1.54, 1.807) is 11.1 Å². The molecule has 7 heteroatoms. The first-order valence-corrected chi connectivity index (χ1v) is 26.1. The van der Waals surface area contributed by atoms with Crippen molar-refractivity contribution in [3.63, 3.8) is 0 Å². The Kier molecular flexibility index (Phi) is 32.1. The van der Waals surface area contributed by atoms with Crippen molar-refractivity contribution in [3.8, 4) is 22.3 Å². The zero-order valence-electron chi connectivity index (χ0n) is 41.3. The second-order valence-electron chi connectivity index (χ2n) is 14.4. The highest BCUT2D eigenvalue weighted by Gasteiger charge is 2.27. The molecule has 0 spiro atoms. The van der Waals surface area contributed by atoms with Crippen LogP contribution in [-0.2, 0) is 40.0 Å². The summed E-state index contributed by atoms with van der Waals surface area (Å²) in [6.07, 6.45) is 8.99. The molecule has 4 aliphatic rings. The fourth-order valence-corrected chi connectivity index (χ4v) is 7.73. The Bertz CT molecular complexity index is 2040. The highest BCUT2D eigenvalue weighted by atomic mass is 79.9. The number of benzene rings is 5. The maximum absolute atomic E-state index is 9.00. The number of hydrogen-bond donors (Lipinski definition) is 1. The second kappa shape index (κ2) is 34.2. The summed E-state index contributed by atoms with van der Waals surface area (Å²) in [6.45, 7) is 20.5. The fourth-order valence-electron chi connectivity index (χ4n) is 7.73. The van der Waals surface area contributed by atoms with E-state index >= 15 is 0 Å². The van der Waals surface area contributed by atoms with Gasteiger partial charge in [0.15, 0.2) is 6.29 Å². The Labute approximate surface area is 414 Å². The molecule has 4 aliphatic carbocycles. The van der Waals surface area contributed by atoms with Gasteiger partial charge in [-0.15, -0.1) is 0 Å². The molecule has 5 nitrogen and oxygen atoms in total. The van der Waals surface area contributed by atoms with Crippen LogP contribution in [0.25, 0.3) is 34.4 Å². The molecule has 65 heavy (non-hydrogen) atoms. The third kappa shape index (κ3) is 17.6. The van der Waals surface area contributed by atoms with Gasteiger partial charge in [0.2, 0.25) is 0 Å². The van der Waals surface area contributed by atoms with Crippen molar-refractivity contribution in [2.75, 3.05) is 39.0 Å². The normalized spacial score (nSPS) is 12.1. The van der Waals surface area contributed by atoms with Crippen molar-refractivity contribution in [1.29, 1.82) is 0 Å². The van der Waals surface area contributed by atoms with E-state index in [9.17, 15) is 0 Å². The van der Waals surface area contributed by atoms with E-state index in [0.29, 0.717) is 19.3 Å². The smallest absolute Gasteiger partial charge is 0.300 e. The lowest BCUT2D eigenvalue weighted by Gasteiger charge is -2.28. The monoisotopic (exact) mass is 1020 g/mol. The van der Waals surface area contributed by atoms with E-state index in [1.807, 2.05) is 81.2 Å². The lowest BCUT2D eigenvalue weighted by molar-refractivity contribution is -0.165. The number of rotatable bonds is 7. The quantitative estimate of drug-likeness (QED) is 0.127. The molecule has 5 aromatic rings. The van der Waals surface area contributed by atoms with E-state index in [-0.39, 0.29) is 15.1 Å². The van der Waals surface area contributed by atoms with Gasteiger partial charge in [-0.05, 0) is 150 Å². The van der Waals surface area contributed by atoms with Crippen LogP contribution in [0.2, 0.25) is 0 Å². The minimum atomic E-state index is -0.833. The van der Waals surface area contributed by atoms with Gasteiger partial charge in [0.25, 0.3) is 5.97 Å². The number of carboxylic acids is 1. The van der Waals surface area contributed by atoms with Gasteiger partial charge in [-0.25, -0.2) is 0 Å². The lowest BCUT2D eigenvalue weighted by atomic mass is 9.96. The third-order valence-corrected chi connectivity index (χ3v) is 10.6. The number of alkyl halides is 2. The minimum absolute atomic E-state index is 0. The Morgan fingerprint density at radius 1 is 0.569 bits per heavy atom. The molecule has 0 fully saturated rings. The number of ether oxygens (including phenoxy) is 2. The van der Waals surface area contributed by atoms with Gasteiger partial charge in [-0.3, -0.25) is 4.79 Å². The molecule has 5 aromatic carbocycles. The highest BCUT2D eigenvalue weighted by Crippen LogP contribution is 2.46. The van der Waals surface area contributed by atoms with Crippen LogP contribution in [0.3, 0.4) is 0 Å².